The summed E-state index contributed by atoms with van der Waals surface area (Å²) in [6.45, 7) is 5.60. The maximum Gasteiger partial charge on any atom is 0.407 e. The Morgan fingerprint density at radius 3 is 2.72 bits per heavy atom. The number of rotatable bonds is 5. The molecule has 0 saturated carbocycles. The summed E-state index contributed by atoms with van der Waals surface area (Å²) in [4.78, 5) is 24.9. The van der Waals surface area contributed by atoms with Gasteiger partial charge >= 0.3 is 12.1 Å². The molecule has 0 radical (unpaired) electrons. The van der Waals surface area contributed by atoms with Crippen molar-refractivity contribution in [2.75, 3.05) is 26.8 Å². The van der Waals surface area contributed by atoms with Crippen LogP contribution in [0, 0.1) is 0 Å². The van der Waals surface area contributed by atoms with Crippen LogP contribution in [0.5, 0.6) is 0 Å². The highest BCUT2D eigenvalue weighted by atomic mass is 16.5. The van der Waals surface area contributed by atoms with Crippen molar-refractivity contribution in [3.63, 3.8) is 0 Å². The molecule has 1 saturated heterocycles. The van der Waals surface area contributed by atoms with Crippen LogP contribution in [0.3, 0.4) is 0 Å². The summed E-state index contributed by atoms with van der Waals surface area (Å²) in [7, 11) is 1.34. The van der Waals surface area contributed by atoms with E-state index in [1.54, 1.807) is 6.92 Å². The van der Waals surface area contributed by atoms with Crippen LogP contribution in [0.25, 0.3) is 0 Å². The van der Waals surface area contributed by atoms with Crippen LogP contribution in [0.1, 0.15) is 26.7 Å². The Hall–Kier alpha value is -1.30. The number of carbonyl (C=O) groups excluding carboxylic acids is 2. The van der Waals surface area contributed by atoms with E-state index in [9.17, 15) is 9.59 Å². The van der Waals surface area contributed by atoms with E-state index < -0.39 is 6.09 Å². The first-order chi connectivity index (χ1) is 8.62. The largest absolute Gasteiger partial charge is 0.465 e. The number of hydrogen-bond acceptors (Lipinski definition) is 5. The van der Waals surface area contributed by atoms with Crippen LogP contribution in [0.4, 0.5) is 4.79 Å². The first-order valence-electron chi connectivity index (χ1n) is 6.37. The lowest BCUT2D eigenvalue weighted by molar-refractivity contribution is -0.149. The Morgan fingerprint density at radius 2 is 2.17 bits per heavy atom. The summed E-state index contributed by atoms with van der Waals surface area (Å²) < 4.78 is 9.61. The number of nitrogens with zero attached hydrogens (tertiary/aromatic N) is 1. The van der Waals surface area contributed by atoms with Gasteiger partial charge in [-0.15, -0.1) is 0 Å². The third-order valence-corrected chi connectivity index (χ3v) is 3.11. The lowest BCUT2D eigenvalue weighted by atomic mass is 10.2. The van der Waals surface area contributed by atoms with Gasteiger partial charge in [-0.05, 0) is 19.8 Å². The van der Waals surface area contributed by atoms with Gasteiger partial charge in [0.15, 0.2) is 0 Å². The van der Waals surface area contributed by atoms with Crippen molar-refractivity contribution < 1.29 is 19.1 Å². The molecule has 1 aliphatic heterocycles. The highest BCUT2D eigenvalue weighted by molar-refractivity contribution is 5.75. The Bertz CT molecular complexity index is 296. The Morgan fingerprint density at radius 1 is 1.44 bits per heavy atom. The number of ether oxygens (including phenoxy) is 2. The fraction of sp³-hybridized carbons (Fsp3) is 0.833. The van der Waals surface area contributed by atoms with Gasteiger partial charge in [-0.1, -0.05) is 6.92 Å². The second-order valence-corrected chi connectivity index (χ2v) is 4.29. The van der Waals surface area contributed by atoms with Crippen molar-refractivity contribution in [3.05, 3.63) is 0 Å². The van der Waals surface area contributed by atoms with Gasteiger partial charge in [0, 0.05) is 19.1 Å². The third-order valence-electron chi connectivity index (χ3n) is 3.11. The minimum atomic E-state index is -0.425. The number of hydrogen-bond donors (Lipinski definition) is 1. The maximum absolute atomic E-state index is 11.8. The fourth-order valence-corrected chi connectivity index (χ4v) is 2.23. The minimum Gasteiger partial charge on any atom is -0.465 e. The zero-order chi connectivity index (χ0) is 13.5. The van der Waals surface area contributed by atoms with Gasteiger partial charge < -0.3 is 14.8 Å². The monoisotopic (exact) mass is 258 g/mol. The van der Waals surface area contributed by atoms with E-state index in [2.05, 4.69) is 15.0 Å². The zero-order valence-corrected chi connectivity index (χ0v) is 11.3. The summed E-state index contributed by atoms with van der Waals surface area (Å²) >= 11 is 0. The number of nitrogens with one attached hydrogen (secondary N) is 1. The Kier molecular flexibility index (Phi) is 5.91. The molecule has 104 valence electrons. The molecular weight excluding hydrogens is 236 g/mol. The molecule has 1 amide bonds. The molecule has 0 aliphatic carbocycles. The smallest absolute Gasteiger partial charge is 0.407 e. The van der Waals surface area contributed by atoms with Gasteiger partial charge in [0.25, 0.3) is 0 Å². The molecule has 6 nitrogen and oxygen atoms in total. The standard InChI is InChI=1S/C12H22N2O4/c1-4-10(11(15)18-5-2)14-7-6-9(8-14)13-12(16)17-3/h9-10H,4-8H2,1-3H3,(H,13,16). The number of likely N-dealkylation sites (tertiary alicyclic amines) is 1. The fourth-order valence-electron chi connectivity index (χ4n) is 2.23. The molecule has 0 aromatic rings. The van der Waals surface area contributed by atoms with Gasteiger partial charge in [-0.25, -0.2) is 4.79 Å². The van der Waals surface area contributed by atoms with Gasteiger partial charge in [-0.2, -0.15) is 0 Å². The van der Waals surface area contributed by atoms with Crippen molar-refractivity contribution >= 4 is 12.1 Å². The van der Waals surface area contributed by atoms with E-state index >= 15 is 0 Å². The van der Waals surface area contributed by atoms with Crippen LogP contribution in [0.15, 0.2) is 0 Å². The molecule has 18 heavy (non-hydrogen) atoms. The molecule has 1 fully saturated rings. The summed E-state index contributed by atoms with van der Waals surface area (Å²) in [5.41, 5.74) is 0. The predicted octanol–water partition coefficient (Wildman–Crippen LogP) is 0.758. The molecular formula is C12H22N2O4. The number of methoxy groups -OCH3 is 1. The van der Waals surface area contributed by atoms with E-state index in [0.717, 1.165) is 13.0 Å². The van der Waals surface area contributed by atoms with E-state index in [1.807, 2.05) is 6.92 Å². The zero-order valence-electron chi connectivity index (χ0n) is 11.3. The van der Waals surface area contributed by atoms with Gasteiger partial charge in [0.2, 0.25) is 0 Å². The molecule has 1 N–H and O–H groups in total. The molecule has 0 spiro atoms. The lowest BCUT2D eigenvalue weighted by Gasteiger charge is -2.24. The van der Waals surface area contributed by atoms with Crippen LogP contribution in [-0.2, 0) is 14.3 Å². The van der Waals surface area contributed by atoms with Crippen LogP contribution in [-0.4, -0.2) is 55.9 Å². The molecule has 1 heterocycles. The van der Waals surface area contributed by atoms with Crippen molar-refractivity contribution in [2.45, 2.75) is 38.8 Å². The summed E-state index contributed by atoms with van der Waals surface area (Å²) in [5, 5.41) is 2.75. The highest BCUT2D eigenvalue weighted by Gasteiger charge is 2.32. The minimum absolute atomic E-state index is 0.0425. The summed E-state index contributed by atoms with van der Waals surface area (Å²) in [6.07, 6.45) is 1.11. The van der Waals surface area contributed by atoms with Gasteiger partial charge in [0.05, 0.1) is 13.7 Å². The van der Waals surface area contributed by atoms with E-state index in [0.29, 0.717) is 19.6 Å². The van der Waals surface area contributed by atoms with Crippen molar-refractivity contribution in [2.24, 2.45) is 0 Å². The molecule has 0 aromatic heterocycles. The normalized spacial score (nSPS) is 21.4. The Balaban J connectivity index is 2.48. The van der Waals surface area contributed by atoms with Gasteiger partial charge in [-0.3, -0.25) is 9.69 Å². The number of esters is 1. The molecule has 2 unspecified atom stereocenters. The first-order valence-corrected chi connectivity index (χ1v) is 6.37. The van der Waals surface area contributed by atoms with Crippen LogP contribution >= 0.6 is 0 Å². The Labute approximate surface area is 108 Å². The van der Waals surface area contributed by atoms with E-state index in [4.69, 9.17) is 4.74 Å². The maximum atomic E-state index is 11.8. The van der Waals surface area contributed by atoms with Crippen molar-refractivity contribution in [1.29, 1.82) is 0 Å². The second-order valence-electron chi connectivity index (χ2n) is 4.29. The molecule has 2 atom stereocenters. The second kappa shape index (κ2) is 7.20. The van der Waals surface area contributed by atoms with Gasteiger partial charge in [0.1, 0.15) is 6.04 Å². The average molecular weight is 258 g/mol. The lowest BCUT2D eigenvalue weighted by Crippen LogP contribution is -2.43. The highest BCUT2D eigenvalue weighted by Crippen LogP contribution is 2.16. The molecule has 1 rings (SSSR count). The topological polar surface area (TPSA) is 67.9 Å². The average Bonchev–Trinajstić information content (AvgIpc) is 2.78. The predicted molar refractivity (Wildman–Crippen MR) is 66.2 cm³/mol. The third kappa shape index (κ3) is 3.87. The molecule has 0 bridgehead atoms. The summed E-state index contributed by atoms with van der Waals surface area (Å²) in [5.74, 6) is -0.182. The van der Waals surface area contributed by atoms with Crippen molar-refractivity contribution in [1.82, 2.24) is 10.2 Å². The SMILES string of the molecule is CCOC(=O)C(CC)N1CCC(NC(=O)OC)C1. The summed E-state index contributed by atoms with van der Waals surface area (Å²) in [6, 6.07) is -0.171. The quantitative estimate of drug-likeness (QED) is 0.737. The van der Waals surface area contributed by atoms with E-state index in [1.165, 1.54) is 7.11 Å². The first kappa shape index (κ1) is 14.8. The number of alkyl carbamates (subject to hydrolysis) is 1. The van der Waals surface area contributed by atoms with Crippen LogP contribution < -0.4 is 5.32 Å². The van der Waals surface area contributed by atoms with Crippen LogP contribution in [0.2, 0.25) is 0 Å². The van der Waals surface area contributed by atoms with E-state index in [-0.39, 0.29) is 18.1 Å². The molecule has 0 aromatic carbocycles. The molecule has 1 aliphatic rings. The molecule has 6 heteroatoms. The van der Waals surface area contributed by atoms with Crippen molar-refractivity contribution in [3.8, 4) is 0 Å². The number of amides is 1. The number of carbonyl (C=O) groups is 2.